The summed E-state index contributed by atoms with van der Waals surface area (Å²) in [7, 11) is -7.68. The molecule has 6 rings (SSSR count). The van der Waals surface area contributed by atoms with Gasteiger partial charge in [0.1, 0.15) is 0 Å². The van der Waals surface area contributed by atoms with Crippen molar-refractivity contribution >= 4 is 77.6 Å². The fourth-order valence-electron chi connectivity index (χ4n) is 4.64. The number of nitrogens with zero attached hydrogens (tertiary/aromatic N) is 6. The molecular weight excluding hydrogens is 898 g/mol. The van der Waals surface area contributed by atoms with Crippen molar-refractivity contribution in [2.45, 2.75) is 23.6 Å². The number of sulfonamides is 2. The first-order valence-corrected chi connectivity index (χ1v) is 19.3. The predicted molar refractivity (Wildman–Crippen MR) is 200 cm³/mol. The zero-order valence-electron chi connectivity index (χ0n) is 29.5. The summed E-state index contributed by atoms with van der Waals surface area (Å²) in [6.07, 6.45) is 0. The molecule has 18 nitrogen and oxygen atoms in total. The molecule has 0 bridgehead atoms. The van der Waals surface area contributed by atoms with E-state index in [-0.39, 0.29) is 95.3 Å². The first kappa shape index (κ1) is 47.3. The van der Waals surface area contributed by atoms with Crippen molar-refractivity contribution in [3.8, 4) is 22.9 Å². The normalized spacial score (nSPS) is 11.6. The summed E-state index contributed by atoms with van der Waals surface area (Å²) < 4.78 is 47.6. The van der Waals surface area contributed by atoms with Crippen LogP contribution in [0.5, 0.6) is 11.5 Å². The first-order chi connectivity index (χ1) is 25.7. The van der Waals surface area contributed by atoms with Gasteiger partial charge in [0, 0.05) is 15.1 Å². The van der Waals surface area contributed by atoms with Gasteiger partial charge in [-0.2, -0.15) is 10.2 Å². The third-order valence-electron chi connectivity index (χ3n) is 7.35. The Labute approximate surface area is 371 Å². The van der Waals surface area contributed by atoms with Gasteiger partial charge in [-0.15, -0.1) is 10.2 Å². The number of hydrogen-bond donors (Lipinski definition) is 4. The third-order valence-corrected chi connectivity index (χ3v) is 9.95. The Balaban J connectivity index is 0.000000295. The fourth-order valence-corrected chi connectivity index (χ4v) is 6.32. The third kappa shape index (κ3) is 11.3. The molecule has 0 unspecified atom stereocenters. The summed E-state index contributed by atoms with van der Waals surface area (Å²) in [5.74, 6) is -0.947. The second-order valence-electron chi connectivity index (χ2n) is 11.3. The Morgan fingerprint density at radius 2 is 1.02 bits per heavy atom. The quantitative estimate of drug-likeness (QED) is 0.129. The molecule has 57 heavy (non-hydrogen) atoms. The van der Waals surface area contributed by atoms with E-state index in [1.807, 2.05) is 0 Å². The van der Waals surface area contributed by atoms with E-state index < -0.39 is 36.9 Å². The summed E-state index contributed by atoms with van der Waals surface area (Å²) in [5.41, 5.74) is 0.323. The number of halogens is 3. The van der Waals surface area contributed by atoms with Gasteiger partial charge < -0.3 is 10.2 Å². The molecule has 0 aliphatic rings. The Morgan fingerprint density at radius 1 is 0.614 bits per heavy atom. The Kier molecular flexibility index (Phi) is 15.9. The fraction of sp³-hybridized carbons (Fsp3) is 0.0625. The smallest absolute Gasteiger partial charge is 0.871 e. The molecule has 0 spiro atoms. The van der Waals surface area contributed by atoms with E-state index >= 15 is 0 Å². The van der Waals surface area contributed by atoms with E-state index in [2.05, 4.69) is 30.7 Å². The first-order valence-electron chi connectivity index (χ1n) is 15.1. The molecule has 0 aliphatic carbocycles. The number of H-pyrrole nitrogens is 2. The van der Waals surface area contributed by atoms with Gasteiger partial charge in [-0.3, -0.25) is 19.8 Å². The minimum atomic E-state index is -3.85. The molecule has 0 aliphatic heterocycles. The van der Waals surface area contributed by atoms with Crippen LogP contribution < -0.4 is 61.2 Å². The summed E-state index contributed by atoms with van der Waals surface area (Å²) in [5, 5.41) is 55.2. The number of primary sulfonamides is 2. The van der Waals surface area contributed by atoms with Crippen LogP contribution in [0.4, 0.5) is 22.7 Å². The topological polar surface area (TPSA) is 291 Å². The van der Waals surface area contributed by atoms with E-state index in [0.29, 0.717) is 27.8 Å². The minimum Gasteiger partial charge on any atom is -0.871 e. The standard InChI is InChI=1S/C16H13Cl2N5O4S.C16H14ClN5O4S.Cr.Na/c1-8-14(21-20-13-7-9(17)6-12(18)15(13)24)16(25)23(22-8)10-2-4-11(5-3-10)28(19,26)27;1-9-15(20-19-13-8-10(17)2-7-14(13)23)16(24)22(21-9)11-3-5-12(6-4-11)27(18,25)26;;/h2-7,22,24H,1H3,(H2,19,26,27);2-8,21,23H,1H3,(H2,18,25,26);;/q;;+3;+1/p-2. The molecular formula is C32H25Cl3CrN10NaO8S2+2. The Morgan fingerprint density at radius 3 is 1.44 bits per heavy atom. The number of nitrogens with two attached hydrogens (primary N) is 2. The van der Waals surface area contributed by atoms with Crippen LogP contribution in [0.1, 0.15) is 11.4 Å². The van der Waals surface area contributed by atoms with Crippen molar-refractivity contribution in [2.24, 2.45) is 30.7 Å². The molecule has 2 heterocycles. The molecule has 0 atom stereocenters. The SMILES string of the molecule is Cc1[nH]n(-c2ccc(S(N)(=O)=O)cc2)c(=O)c1N=Nc1cc(Cl)cc(Cl)c1[O-].Cc1[nH]n(-c2ccc(S(N)(=O)=O)cc2)c(=O)c1N=Nc1cc(Cl)ccc1[O-].[Cr+3].[Na+]. The van der Waals surface area contributed by atoms with Crippen molar-refractivity contribution in [2.75, 3.05) is 0 Å². The molecule has 0 saturated carbocycles. The number of aromatic amines is 2. The molecule has 0 amide bonds. The zero-order chi connectivity index (χ0) is 40.4. The Hall–Kier alpha value is -4.08. The van der Waals surface area contributed by atoms with Crippen LogP contribution in [0.15, 0.2) is 119 Å². The average Bonchev–Trinajstić information content (AvgIpc) is 3.57. The van der Waals surface area contributed by atoms with Crippen LogP contribution in [-0.4, -0.2) is 36.4 Å². The predicted octanol–water partition coefficient (Wildman–Crippen LogP) is 2.18. The van der Waals surface area contributed by atoms with Gasteiger partial charge in [0.05, 0.1) is 43.9 Å². The molecule has 6 N–H and O–H groups in total. The van der Waals surface area contributed by atoms with Gasteiger partial charge in [-0.05, 0) is 86.6 Å². The number of aryl methyl sites for hydroxylation is 2. The van der Waals surface area contributed by atoms with Crippen LogP contribution in [0.3, 0.4) is 0 Å². The maximum absolute atomic E-state index is 12.6. The Bertz CT molecular complexity index is 2850. The van der Waals surface area contributed by atoms with Crippen LogP contribution >= 0.6 is 34.8 Å². The second-order valence-corrected chi connectivity index (χ2v) is 15.7. The summed E-state index contributed by atoms with van der Waals surface area (Å²) in [6.45, 7) is 3.20. The molecule has 6 aromatic rings. The van der Waals surface area contributed by atoms with Crippen LogP contribution in [0.2, 0.25) is 15.1 Å². The van der Waals surface area contributed by atoms with Gasteiger partial charge in [0.2, 0.25) is 20.0 Å². The molecule has 0 saturated heterocycles. The monoisotopic (exact) mass is 921 g/mol. The van der Waals surface area contributed by atoms with Crippen LogP contribution in [0.25, 0.3) is 11.4 Å². The van der Waals surface area contributed by atoms with E-state index in [1.165, 1.54) is 83.5 Å². The van der Waals surface area contributed by atoms with Crippen molar-refractivity contribution in [3.05, 3.63) is 126 Å². The van der Waals surface area contributed by atoms with Crippen LogP contribution in [0, 0.1) is 13.8 Å². The van der Waals surface area contributed by atoms with Crippen molar-refractivity contribution in [3.63, 3.8) is 0 Å². The van der Waals surface area contributed by atoms with E-state index in [0.717, 1.165) is 4.68 Å². The number of azo groups is 2. The van der Waals surface area contributed by atoms with Gasteiger partial charge in [-0.1, -0.05) is 52.4 Å². The molecule has 25 heteroatoms. The van der Waals surface area contributed by atoms with Gasteiger partial charge >= 0.3 is 46.9 Å². The van der Waals surface area contributed by atoms with Crippen LogP contribution in [-0.2, 0) is 37.4 Å². The maximum Gasteiger partial charge on any atom is 3.00 e. The van der Waals surface area contributed by atoms with E-state index in [1.54, 1.807) is 13.8 Å². The molecule has 0 fully saturated rings. The zero-order valence-corrected chi connectivity index (χ0v) is 36.6. The van der Waals surface area contributed by atoms with Gasteiger partial charge in [-0.25, -0.2) is 36.5 Å². The largest absolute Gasteiger partial charge is 3.00 e. The van der Waals surface area contributed by atoms with Gasteiger partial charge in [0.15, 0.2) is 11.4 Å². The number of aromatic nitrogens is 4. The average molecular weight is 923 g/mol. The van der Waals surface area contributed by atoms with Crippen molar-refractivity contribution < 1.29 is 74.0 Å². The molecule has 1 radical (unpaired) electrons. The van der Waals surface area contributed by atoms with E-state index in [4.69, 9.17) is 45.1 Å². The summed E-state index contributed by atoms with van der Waals surface area (Å²) >= 11 is 17.4. The van der Waals surface area contributed by atoms with E-state index in [9.17, 15) is 36.6 Å². The minimum absolute atomic E-state index is 0. The summed E-state index contributed by atoms with van der Waals surface area (Å²) in [4.78, 5) is 25.0. The number of rotatable bonds is 8. The van der Waals surface area contributed by atoms with Gasteiger partial charge in [0.25, 0.3) is 11.1 Å². The maximum atomic E-state index is 12.6. The second kappa shape index (κ2) is 19.1. The number of hydrogen-bond acceptors (Lipinski definition) is 12. The van der Waals surface area contributed by atoms with Crippen molar-refractivity contribution in [1.29, 1.82) is 0 Å². The molecule has 4 aromatic carbocycles. The van der Waals surface area contributed by atoms with Crippen molar-refractivity contribution in [1.82, 2.24) is 19.6 Å². The summed E-state index contributed by atoms with van der Waals surface area (Å²) in [6, 6.07) is 17.4. The number of benzene rings is 4. The molecule has 2 aromatic heterocycles. The molecule has 289 valence electrons. The number of nitrogens with one attached hydrogen (secondary N) is 2.